The number of rotatable bonds is 4. The van der Waals surface area contributed by atoms with Gasteiger partial charge in [-0.15, -0.1) is 0 Å². The van der Waals surface area contributed by atoms with Gasteiger partial charge in [-0.1, -0.05) is 31.0 Å². The molecule has 0 bridgehead atoms. The lowest BCUT2D eigenvalue weighted by molar-refractivity contribution is -0.135. The van der Waals surface area contributed by atoms with Crippen LogP contribution in [0.5, 0.6) is 0 Å². The van der Waals surface area contributed by atoms with Gasteiger partial charge in [0.15, 0.2) is 0 Å². The fourth-order valence-corrected chi connectivity index (χ4v) is 5.91. The van der Waals surface area contributed by atoms with Crippen molar-refractivity contribution in [3.63, 3.8) is 0 Å². The highest BCUT2D eigenvalue weighted by Gasteiger charge is 2.43. The number of fused-ring (bicyclic) bond motifs is 1. The fourth-order valence-electron chi connectivity index (χ4n) is 4.59. The van der Waals surface area contributed by atoms with Gasteiger partial charge < -0.3 is 4.90 Å². The van der Waals surface area contributed by atoms with Gasteiger partial charge in [0.05, 0.1) is 4.90 Å². The highest BCUT2D eigenvalue weighted by atomic mass is 32.2. The predicted octanol–water partition coefficient (Wildman–Crippen LogP) is 0.991. The SMILES string of the molecule is O=C(C1NNC2CCCCC21)N1CCC(NS(=O)(=O)c2ccccc2)CC1. The number of hydrogen-bond donors (Lipinski definition) is 3. The maximum Gasteiger partial charge on any atom is 0.241 e. The summed E-state index contributed by atoms with van der Waals surface area (Å²) in [5, 5.41) is 0. The average molecular weight is 393 g/mol. The third-order valence-corrected chi connectivity index (χ3v) is 7.66. The number of carbonyl (C=O) groups is 1. The zero-order valence-electron chi connectivity index (χ0n) is 15.4. The second-order valence-electron chi connectivity index (χ2n) is 7.86. The number of carbonyl (C=O) groups excluding carboxylic acids is 1. The first-order valence-electron chi connectivity index (χ1n) is 9.92. The molecule has 1 amide bonds. The van der Waals surface area contributed by atoms with Gasteiger partial charge in [0.2, 0.25) is 15.9 Å². The summed E-state index contributed by atoms with van der Waals surface area (Å²) in [6, 6.07) is 8.56. The van der Waals surface area contributed by atoms with Gasteiger partial charge in [0.25, 0.3) is 0 Å². The van der Waals surface area contributed by atoms with E-state index in [4.69, 9.17) is 0 Å². The van der Waals surface area contributed by atoms with E-state index in [-0.39, 0.29) is 22.9 Å². The minimum Gasteiger partial charge on any atom is -0.341 e. The Morgan fingerprint density at radius 2 is 1.70 bits per heavy atom. The van der Waals surface area contributed by atoms with Crippen molar-refractivity contribution in [2.75, 3.05) is 13.1 Å². The maximum absolute atomic E-state index is 13.0. The van der Waals surface area contributed by atoms with Gasteiger partial charge in [0, 0.05) is 31.1 Å². The van der Waals surface area contributed by atoms with Crippen LogP contribution >= 0.6 is 0 Å². The van der Waals surface area contributed by atoms with Crippen molar-refractivity contribution in [3.05, 3.63) is 30.3 Å². The van der Waals surface area contributed by atoms with Gasteiger partial charge in [-0.2, -0.15) is 0 Å². The van der Waals surface area contributed by atoms with Gasteiger partial charge in [-0.25, -0.2) is 18.6 Å². The highest BCUT2D eigenvalue weighted by molar-refractivity contribution is 7.89. The largest absolute Gasteiger partial charge is 0.341 e. The molecule has 4 rings (SSSR count). The molecule has 3 unspecified atom stereocenters. The van der Waals surface area contributed by atoms with Crippen LogP contribution in [0.1, 0.15) is 38.5 Å². The van der Waals surface area contributed by atoms with Crippen molar-refractivity contribution in [1.82, 2.24) is 20.5 Å². The molecule has 1 saturated carbocycles. The lowest BCUT2D eigenvalue weighted by Crippen LogP contribution is -2.52. The number of piperidine rings is 1. The fraction of sp³-hybridized carbons (Fsp3) is 0.632. The lowest BCUT2D eigenvalue weighted by Gasteiger charge is -2.35. The van der Waals surface area contributed by atoms with Crippen LogP contribution in [0.15, 0.2) is 35.2 Å². The molecule has 0 spiro atoms. The first kappa shape index (κ1) is 18.9. The quantitative estimate of drug-likeness (QED) is 0.711. The van der Waals surface area contributed by atoms with Crippen molar-refractivity contribution >= 4 is 15.9 Å². The number of sulfonamides is 1. The van der Waals surface area contributed by atoms with Crippen LogP contribution in [-0.2, 0) is 14.8 Å². The van der Waals surface area contributed by atoms with Crippen LogP contribution in [0.3, 0.4) is 0 Å². The van der Waals surface area contributed by atoms with Crippen molar-refractivity contribution in [2.24, 2.45) is 5.92 Å². The number of likely N-dealkylation sites (tertiary alicyclic amines) is 1. The molecule has 7 nitrogen and oxygen atoms in total. The van der Waals surface area contributed by atoms with Crippen molar-refractivity contribution in [1.29, 1.82) is 0 Å². The molecule has 3 N–H and O–H groups in total. The number of hydrogen-bond acceptors (Lipinski definition) is 5. The number of nitrogens with zero attached hydrogens (tertiary/aromatic N) is 1. The van der Waals surface area contributed by atoms with Gasteiger partial charge in [0.1, 0.15) is 6.04 Å². The molecule has 148 valence electrons. The molecular weight excluding hydrogens is 364 g/mol. The molecule has 2 aliphatic heterocycles. The van der Waals surface area contributed by atoms with Crippen LogP contribution < -0.4 is 15.6 Å². The Bertz CT molecular complexity index is 762. The number of hydrazine groups is 1. The summed E-state index contributed by atoms with van der Waals surface area (Å²) in [5.41, 5.74) is 6.51. The Balaban J connectivity index is 1.32. The highest BCUT2D eigenvalue weighted by Crippen LogP contribution is 2.31. The van der Waals surface area contributed by atoms with E-state index < -0.39 is 10.0 Å². The van der Waals surface area contributed by atoms with Crippen molar-refractivity contribution in [3.8, 4) is 0 Å². The first-order chi connectivity index (χ1) is 13.0. The minimum absolute atomic E-state index is 0.128. The number of benzene rings is 1. The topological polar surface area (TPSA) is 90.5 Å². The average Bonchev–Trinajstić information content (AvgIpc) is 3.13. The molecule has 0 radical (unpaired) electrons. The summed E-state index contributed by atoms with van der Waals surface area (Å²) in [7, 11) is -3.50. The van der Waals surface area contributed by atoms with E-state index in [1.54, 1.807) is 30.3 Å². The number of nitrogens with one attached hydrogen (secondary N) is 3. The normalized spacial score (nSPS) is 29.5. The molecule has 0 aromatic heterocycles. The summed E-state index contributed by atoms with van der Waals surface area (Å²) >= 11 is 0. The Morgan fingerprint density at radius 1 is 1.00 bits per heavy atom. The van der Waals surface area contributed by atoms with E-state index in [0.29, 0.717) is 37.9 Å². The standard InChI is InChI=1S/C19H28N4O3S/c24-19(18-16-8-4-5-9-17(16)20-21-18)23-12-10-14(11-13-23)22-27(25,26)15-6-2-1-3-7-15/h1-3,6-7,14,16-18,20-22H,4-5,8-13H2. The van der Waals surface area contributed by atoms with Gasteiger partial charge in [-0.05, 0) is 37.8 Å². The molecule has 2 saturated heterocycles. The van der Waals surface area contributed by atoms with E-state index in [9.17, 15) is 13.2 Å². The minimum atomic E-state index is -3.50. The Kier molecular flexibility index (Phi) is 5.50. The molecule has 8 heteroatoms. The summed E-state index contributed by atoms with van der Waals surface area (Å²) in [5.74, 6) is 0.529. The number of amides is 1. The van der Waals surface area contributed by atoms with E-state index in [1.807, 2.05) is 4.90 Å². The van der Waals surface area contributed by atoms with E-state index in [1.165, 1.54) is 12.8 Å². The Hall–Kier alpha value is -1.48. The second kappa shape index (κ2) is 7.87. The zero-order chi connectivity index (χ0) is 18.9. The van der Waals surface area contributed by atoms with E-state index in [0.717, 1.165) is 12.8 Å². The molecule has 27 heavy (non-hydrogen) atoms. The summed E-state index contributed by atoms with van der Waals surface area (Å²) in [6.07, 6.45) is 5.93. The van der Waals surface area contributed by atoms with Gasteiger partial charge >= 0.3 is 0 Å². The van der Waals surface area contributed by atoms with Crippen molar-refractivity contribution < 1.29 is 13.2 Å². The van der Waals surface area contributed by atoms with Gasteiger partial charge in [-0.3, -0.25) is 10.2 Å². The smallest absolute Gasteiger partial charge is 0.241 e. The Morgan fingerprint density at radius 3 is 2.44 bits per heavy atom. The lowest BCUT2D eigenvalue weighted by atomic mass is 9.81. The molecular formula is C19H28N4O3S. The molecule has 3 atom stereocenters. The first-order valence-corrected chi connectivity index (χ1v) is 11.4. The third kappa shape index (κ3) is 4.03. The molecule has 2 heterocycles. The van der Waals surface area contributed by atoms with Crippen LogP contribution in [0.2, 0.25) is 0 Å². The third-order valence-electron chi connectivity index (χ3n) is 6.12. The summed E-state index contributed by atoms with van der Waals surface area (Å²) in [4.78, 5) is 15.1. The second-order valence-corrected chi connectivity index (χ2v) is 9.57. The van der Waals surface area contributed by atoms with E-state index in [2.05, 4.69) is 15.6 Å². The zero-order valence-corrected chi connectivity index (χ0v) is 16.2. The van der Waals surface area contributed by atoms with E-state index >= 15 is 0 Å². The molecule has 3 aliphatic rings. The maximum atomic E-state index is 13.0. The predicted molar refractivity (Wildman–Crippen MR) is 102 cm³/mol. The molecule has 3 fully saturated rings. The Labute approximate surface area is 160 Å². The van der Waals surface area contributed by atoms with Crippen molar-refractivity contribution in [2.45, 2.75) is 61.5 Å². The van der Waals surface area contributed by atoms with Crippen LogP contribution in [0, 0.1) is 5.92 Å². The molecule has 1 aromatic carbocycles. The summed E-state index contributed by atoms with van der Waals surface area (Å²) < 4.78 is 27.7. The molecule has 1 aromatic rings. The van der Waals surface area contributed by atoms with Crippen LogP contribution in [-0.4, -0.2) is 50.4 Å². The van der Waals surface area contributed by atoms with Crippen LogP contribution in [0.4, 0.5) is 0 Å². The van der Waals surface area contributed by atoms with Crippen LogP contribution in [0.25, 0.3) is 0 Å². The monoisotopic (exact) mass is 392 g/mol. The summed E-state index contributed by atoms with van der Waals surface area (Å²) in [6.45, 7) is 1.19. The molecule has 1 aliphatic carbocycles.